The van der Waals surface area contributed by atoms with E-state index in [0.29, 0.717) is 23.4 Å². The maximum atomic E-state index is 11.9. The van der Waals surface area contributed by atoms with Crippen LogP contribution in [0.4, 0.5) is 0 Å². The van der Waals surface area contributed by atoms with Crippen LogP contribution in [-0.4, -0.2) is 32.9 Å². The monoisotopic (exact) mass is 304 g/mol. The van der Waals surface area contributed by atoms with Crippen molar-refractivity contribution in [2.75, 3.05) is 6.54 Å². The highest BCUT2D eigenvalue weighted by atomic mass is 32.2. The van der Waals surface area contributed by atoms with E-state index in [1.807, 2.05) is 37.3 Å². The summed E-state index contributed by atoms with van der Waals surface area (Å²) < 4.78 is 0. The molecule has 0 aliphatic carbocycles. The lowest BCUT2D eigenvalue weighted by Gasteiger charge is -2.11. The standard InChI is InChI=1S/C15H20N4OS/c1-10(2)9-16-14(20)11(3)21-15-17-13(18-19-15)12-7-5-4-6-8-12/h4-8,10-11H,9H2,1-3H3,(H,16,20)(H,17,18,19)/t11-/m1/s1. The molecule has 112 valence electrons. The molecule has 0 spiro atoms. The molecule has 1 heterocycles. The fourth-order valence-electron chi connectivity index (χ4n) is 1.68. The molecule has 1 atom stereocenters. The summed E-state index contributed by atoms with van der Waals surface area (Å²) in [6, 6.07) is 9.79. The van der Waals surface area contributed by atoms with Crippen molar-refractivity contribution >= 4 is 17.7 Å². The molecular formula is C15H20N4OS. The van der Waals surface area contributed by atoms with Gasteiger partial charge in [0.15, 0.2) is 5.82 Å². The van der Waals surface area contributed by atoms with Crippen LogP contribution in [0.2, 0.25) is 0 Å². The third kappa shape index (κ3) is 4.60. The van der Waals surface area contributed by atoms with Crippen molar-refractivity contribution in [1.82, 2.24) is 20.5 Å². The number of hydrogen-bond donors (Lipinski definition) is 2. The molecule has 0 fully saturated rings. The Morgan fingerprint density at radius 2 is 2.00 bits per heavy atom. The number of nitrogens with zero attached hydrogens (tertiary/aromatic N) is 2. The van der Waals surface area contributed by atoms with Crippen LogP contribution >= 0.6 is 11.8 Å². The largest absolute Gasteiger partial charge is 0.355 e. The fourth-order valence-corrected chi connectivity index (χ4v) is 2.43. The number of rotatable bonds is 6. The highest BCUT2D eigenvalue weighted by molar-refractivity contribution is 8.00. The molecule has 0 aliphatic rings. The van der Waals surface area contributed by atoms with Crippen molar-refractivity contribution in [2.24, 2.45) is 5.92 Å². The van der Waals surface area contributed by atoms with E-state index in [9.17, 15) is 4.79 Å². The summed E-state index contributed by atoms with van der Waals surface area (Å²) in [5, 5.41) is 10.3. The molecule has 2 N–H and O–H groups in total. The number of aromatic amines is 1. The van der Waals surface area contributed by atoms with Gasteiger partial charge in [-0.25, -0.2) is 4.98 Å². The molecule has 0 unspecified atom stereocenters. The van der Waals surface area contributed by atoms with Crippen molar-refractivity contribution in [3.63, 3.8) is 0 Å². The number of amides is 1. The quantitative estimate of drug-likeness (QED) is 0.805. The van der Waals surface area contributed by atoms with E-state index in [1.54, 1.807) is 0 Å². The topological polar surface area (TPSA) is 70.7 Å². The maximum Gasteiger partial charge on any atom is 0.233 e. The van der Waals surface area contributed by atoms with E-state index in [-0.39, 0.29) is 11.2 Å². The van der Waals surface area contributed by atoms with Crippen molar-refractivity contribution in [1.29, 1.82) is 0 Å². The smallest absolute Gasteiger partial charge is 0.233 e. The number of H-pyrrole nitrogens is 1. The van der Waals surface area contributed by atoms with Gasteiger partial charge < -0.3 is 5.32 Å². The van der Waals surface area contributed by atoms with Crippen molar-refractivity contribution in [3.05, 3.63) is 30.3 Å². The number of hydrogen-bond acceptors (Lipinski definition) is 4. The summed E-state index contributed by atoms with van der Waals surface area (Å²) >= 11 is 1.35. The summed E-state index contributed by atoms with van der Waals surface area (Å²) in [6.07, 6.45) is 0. The molecule has 6 heteroatoms. The van der Waals surface area contributed by atoms with Gasteiger partial charge in [-0.1, -0.05) is 55.9 Å². The van der Waals surface area contributed by atoms with Crippen LogP contribution in [0.25, 0.3) is 11.4 Å². The SMILES string of the molecule is CC(C)CNC(=O)[C@@H](C)Sc1n[nH]c(-c2ccccc2)n1. The first-order valence-electron chi connectivity index (χ1n) is 6.98. The molecule has 1 aromatic carbocycles. The van der Waals surface area contributed by atoms with Crippen LogP contribution in [-0.2, 0) is 4.79 Å². The second-order valence-corrected chi connectivity index (χ2v) is 6.54. The summed E-state index contributed by atoms with van der Waals surface area (Å²) in [6.45, 7) is 6.69. The van der Waals surface area contributed by atoms with Gasteiger partial charge in [0.1, 0.15) is 0 Å². The third-order valence-electron chi connectivity index (χ3n) is 2.85. The second kappa shape index (κ2) is 7.26. The minimum atomic E-state index is -0.219. The minimum Gasteiger partial charge on any atom is -0.355 e. The molecule has 0 aliphatic heterocycles. The van der Waals surface area contributed by atoms with E-state index in [2.05, 4.69) is 34.3 Å². The van der Waals surface area contributed by atoms with E-state index in [4.69, 9.17) is 0 Å². The van der Waals surface area contributed by atoms with Crippen molar-refractivity contribution < 1.29 is 4.79 Å². The van der Waals surface area contributed by atoms with Gasteiger partial charge in [0.2, 0.25) is 11.1 Å². The highest BCUT2D eigenvalue weighted by Crippen LogP contribution is 2.22. The Balaban J connectivity index is 1.95. The van der Waals surface area contributed by atoms with Crippen LogP contribution in [0, 0.1) is 5.92 Å². The zero-order chi connectivity index (χ0) is 15.2. The van der Waals surface area contributed by atoms with Gasteiger partial charge in [-0.15, -0.1) is 5.10 Å². The lowest BCUT2D eigenvalue weighted by Crippen LogP contribution is -2.33. The molecular weight excluding hydrogens is 284 g/mol. The lowest BCUT2D eigenvalue weighted by molar-refractivity contribution is -0.120. The first kappa shape index (κ1) is 15.6. The molecule has 2 rings (SSSR count). The number of thioether (sulfide) groups is 1. The van der Waals surface area contributed by atoms with Gasteiger partial charge in [-0.05, 0) is 12.8 Å². The number of aromatic nitrogens is 3. The number of benzene rings is 1. The van der Waals surface area contributed by atoms with Crippen LogP contribution in [0.1, 0.15) is 20.8 Å². The summed E-state index contributed by atoms with van der Waals surface area (Å²) in [7, 11) is 0. The summed E-state index contributed by atoms with van der Waals surface area (Å²) in [5.41, 5.74) is 0.980. The molecule has 0 saturated carbocycles. The van der Waals surface area contributed by atoms with Crippen molar-refractivity contribution in [3.8, 4) is 11.4 Å². The average Bonchev–Trinajstić information content (AvgIpc) is 2.94. The van der Waals surface area contributed by atoms with Crippen LogP contribution in [0.15, 0.2) is 35.5 Å². The second-order valence-electron chi connectivity index (χ2n) is 5.23. The molecule has 0 radical (unpaired) electrons. The normalized spacial score (nSPS) is 12.4. The first-order valence-corrected chi connectivity index (χ1v) is 7.86. The maximum absolute atomic E-state index is 11.9. The highest BCUT2D eigenvalue weighted by Gasteiger charge is 2.17. The summed E-state index contributed by atoms with van der Waals surface area (Å²) in [5.74, 6) is 1.17. The van der Waals surface area contributed by atoms with Crippen LogP contribution in [0.3, 0.4) is 0 Å². The van der Waals surface area contributed by atoms with Crippen LogP contribution < -0.4 is 5.32 Å². The van der Waals surface area contributed by atoms with E-state index in [0.717, 1.165) is 5.56 Å². The Morgan fingerprint density at radius 1 is 1.29 bits per heavy atom. The Morgan fingerprint density at radius 3 is 2.67 bits per heavy atom. The third-order valence-corrected chi connectivity index (χ3v) is 3.81. The summed E-state index contributed by atoms with van der Waals surface area (Å²) in [4.78, 5) is 16.3. The zero-order valence-electron chi connectivity index (χ0n) is 12.5. The van der Waals surface area contributed by atoms with E-state index >= 15 is 0 Å². The van der Waals surface area contributed by atoms with Gasteiger partial charge in [0.25, 0.3) is 0 Å². The molecule has 0 saturated heterocycles. The lowest BCUT2D eigenvalue weighted by atomic mass is 10.2. The van der Waals surface area contributed by atoms with E-state index in [1.165, 1.54) is 11.8 Å². The van der Waals surface area contributed by atoms with Gasteiger partial charge >= 0.3 is 0 Å². The Labute approximate surface area is 128 Å². The van der Waals surface area contributed by atoms with Crippen LogP contribution in [0.5, 0.6) is 0 Å². The molecule has 21 heavy (non-hydrogen) atoms. The average molecular weight is 304 g/mol. The Bertz CT molecular complexity index is 582. The van der Waals surface area contributed by atoms with Crippen molar-refractivity contribution in [2.45, 2.75) is 31.2 Å². The molecule has 2 aromatic rings. The first-order chi connectivity index (χ1) is 10.1. The predicted molar refractivity (Wildman–Crippen MR) is 85.0 cm³/mol. The Hall–Kier alpha value is -1.82. The predicted octanol–water partition coefficient (Wildman–Crippen LogP) is 2.72. The molecule has 0 bridgehead atoms. The minimum absolute atomic E-state index is 0.0137. The van der Waals surface area contributed by atoms with E-state index < -0.39 is 0 Å². The molecule has 1 aromatic heterocycles. The fraction of sp³-hybridized carbons (Fsp3) is 0.400. The molecule has 1 amide bonds. The number of carbonyl (C=O) groups excluding carboxylic acids is 1. The number of nitrogens with one attached hydrogen (secondary N) is 2. The van der Waals surface area contributed by atoms with Gasteiger partial charge in [-0.2, -0.15) is 0 Å². The number of carbonyl (C=O) groups is 1. The zero-order valence-corrected chi connectivity index (χ0v) is 13.3. The van der Waals surface area contributed by atoms with Gasteiger partial charge in [-0.3, -0.25) is 9.89 Å². The van der Waals surface area contributed by atoms with Gasteiger partial charge in [0.05, 0.1) is 5.25 Å². The van der Waals surface area contributed by atoms with Gasteiger partial charge in [0, 0.05) is 12.1 Å². The Kier molecular flexibility index (Phi) is 5.38. The molecule has 5 nitrogen and oxygen atoms in total.